The van der Waals surface area contributed by atoms with E-state index in [9.17, 15) is 17.6 Å². The molecule has 1 aliphatic rings. The average molecular weight is 433 g/mol. The summed E-state index contributed by atoms with van der Waals surface area (Å²) < 4.78 is 40.5. The Kier molecular flexibility index (Phi) is 5.05. The Morgan fingerprint density at radius 1 is 1.12 bits per heavy atom. The number of rotatable bonds is 3. The van der Waals surface area contributed by atoms with Gasteiger partial charge < -0.3 is 4.90 Å². The lowest BCUT2D eigenvalue weighted by Crippen LogP contribution is -2.50. The molecule has 1 saturated heterocycles. The van der Waals surface area contributed by atoms with Crippen LogP contribution in [0.4, 0.5) is 4.39 Å². The number of amides is 1. The van der Waals surface area contributed by atoms with Crippen molar-refractivity contribution in [3.05, 3.63) is 50.9 Å². The summed E-state index contributed by atoms with van der Waals surface area (Å²) in [6, 6.07) is 8.51. The summed E-state index contributed by atoms with van der Waals surface area (Å²) in [5.41, 5.74) is 0. The van der Waals surface area contributed by atoms with Crippen molar-refractivity contribution in [2.45, 2.75) is 4.90 Å². The van der Waals surface area contributed by atoms with Gasteiger partial charge in [0, 0.05) is 26.2 Å². The number of thiophene rings is 1. The lowest BCUT2D eigenvalue weighted by atomic mass is 10.3. The van der Waals surface area contributed by atoms with E-state index >= 15 is 0 Å². The molecule has 9 heteroatoms. The van der Waals surface area contributed by atoms with Gasteiger partial charge in [0.25, 0.3) is 5.91 Å². The Hall–Kier alpha value is -1.29. The molecular formula is C15H14BrFN2O3S2. The van der Waals surface area contributed by atoms with Crippen molar-refractivity contribution < 1.29 is 17.6 Å². The molecule has 0 aliphatic carbocycles. The number of halogens is 2. The van der Waals surface area contributed by atoms with E-state index in [1.807, 2.05) is 6.07 Å². The van der Waals surface area contributed by atoms with Crippen LogP contribution in [0.25, 0.3) is 0 Å². The number of carbonyl (C=O) groups is 1. The van der Waals surface area contributed by atoms with Crippen LogP contribution in [-0.4, -0.2) is 49.7 Å². The highest BCUT2D eigenvalue weighted by Gasteiger charge is 2.30. The quantitative estimate of drug-likeness (QED) is 0.748. The van der Waals surface area contributed by atoms with Crippen molar-refractivity contribution in [3.63, 3.8) is 0 Å². The Bertz CT molecular complexity index is 861. The van der Waals surface area contributed by atoms with E-state index in [1.165, 1.54) is 33.8 Å². The van der Waals surface area contributed by atoms with Crippen molar-refractivity contribution in [2.75, 3.05) is 26.2 Å². The summed E-state index contributed by atoms with van der Waals surface area (Å²) in [5.74, 6) is -0.693. The first-order valence-electron chi connectivity index (χ1n) is 7.18. The van der Waals surface area contributed by atoms with Crippen LogP contribution in [0.3, 0.4) is 0 Å². The monoisotopic (exact) mass is 432 g/mol. The molecule has 1 aromatic carbocycles. The van der Waals surface area contributed by atoms with Crippen LogP contribution >= 0.6 is 27.3 Å². The van der Waals surface area contributed by atoms with Crippen molar-refractivity contribution >= 4 is 43.2 Å². The highest BCUT2D eigenvalue weighted by Crippen LogP contribution is 2.24. The highest BCUT2D eigenvalue weighted by atomic mass is 79.9. The molecule has 0 unspecified atom stereocenters. The summed E-state index contributed by atoms with van der Waals surface area (Å²) in [7, 11) is -3.74. The third kappa shape index (κ3) is 3.53. The SMILES string of the molecule is O=C(c1ccc(Br)s1)N1CCN(S(=O)(=O)c2cccc(F)c2)CC1. The van der Waals surface area contributed by atoms with E-state index in [0.717, 1.165) is 9.85 Å². The van der Waals surface area contributed by atoms with E-state index < -0.39 is 15.8 Å². The number of hydrogen-bond acceptors (Lipinski definition) is 4. The molecule has 1 amide bonds. The Labute approximate surface area is 151 Å². The van der Waals surface area contributed by atoms with Crippen molar-refractivity contribution in [2.24, 2.45) is 0 Å². The van der Waals surface area contributed by atoms with Crippen LogP contribution in [0.1, 0.15) is 9.67 Å². The topological polar surface area (TPSA) is 57.7 Å². The molecule has 128 valence electrons. The maximum Gasteiger partial charge on any atom is 0.264 e. The van der Waals surface area contributed by atoms with Crippen molar-refractivity contribution in [1.29, 1.82) is 0 Å². The van der Waals surface area contributed by atoms with Crippen LogP contribution in [0.15, 0.2) is 45.1 Å². The average Bonchev–Trinajstić information content (AvgIpc) is 3.01. The van der Waals surface area contributed by atoms with Gasteiger partial charge in [0.05, 0.1) is 13.6 Å². The molecule has 5 nitrogen and oxygen atoms in total. The molecule has 1 aliphatic heterocycles. The summed E-state index contributed by atoms with van der Waals surface area (Å²) >= 11 is 4.67. The number of benzene rings is 1. The number of piperazine rings is 1. The molecule has 0 bridgehead atoms. The number of carbonyl (C=O) groups excluding carboxylic acids is 1. The first-order chi connectivity index (χ1) is 11.4. The predicted octanol–water partition coefficient (Wildman–Crippen LogP) is 2.80. The van der Waals surface area contributed by atoms with Crippen LogP contribution in [-0.2, 0) is 10.0 Å². The molecule has 2 aromatic rings. The van der Waals surface area contributed by atoms with Gasteiger partial charge in [-0.2, -0.15) is 4.31 Å². The Balaban J connectivity index is 1.69. The molecule has 24 heavy (non-hydrogen) atoms. The van der Waals surface area contributed by atoms with Crippen molar-refractivity contribution in [3.8, 4) is 0 Å². The van der Waals surface area contributed by atoms with Crippen LogP contribution in [0, 0.1) is 5.82 Å². The Morgan fingerprint density at radius 3 is 2.42 bits per heavy atom. The fourth-order valence-electron chi connectivity index (χ4n) is 2.49. The smallest absolute Gasteiger partial charge is 0.264 e. The molecule has 0 N–H and O–H groups in total. The second kappa shape index (κ2) is 6.91. The van der Waals surface area contributed by atoms with Gasteiger partial charge in [0.15, 0.2) is 0 Å². The number of sulfonamides is 1. The molecule has 0 atom stereocenters. The third-order valence-corrected chi connectivity index (χ3v) is 7.25. The van der Waals surface area contributed by atoms with Gasteiger partial charge in [-0.25, -0.2) is 12.8 Å². The normalized spacial score (nSPS) is 16.3. The zero-order chi connectivity index (χ0) is 17.3. The van der Waals surface area contributed by atoms with E-state index in [2.05, 4.69) is 15.9 Å². The van der Waals surface area contributed by atoms with E-state index in [4.69, 9.17) is 0 Å². The molecule has 1 aromatic heterocycles. The summed E-state index contributed by atoms with van der Waals surface area (Å²) in [4.78, 5) is 14.6. The fourth-order valence-corrected chi connectivity index (χ4v) is 5.30. The molecule has 0 radical (unpaired) electrons. The van der Waals surface area contributed by atoms with Gasteiger partial charge in [-0.05, 0) is 46.3 Å². The van der Waals surface area contributed by atoms with Crippen molar-refractivity contribution in [1.82, 2.24) is 9.21 Å². The predicted molar refractivity (Wildman–Crippen MR) is 93.1 cm³/mol. The lowest BCUT2D eigenvalue weighted by molar-refractivity contribution is 0.0703. The van der Waals surface area contributed by atoms with Gasteiger partial charge in [0.1, 0.15) is 5.82 Å². The standard InChI is InChI=1S/C15H14BrFN2O3S2/c16-14-5-4-13(23-14)15(20)18-6-8-19(9-7-18)24(21,22)12-3-1-2-11(17)10-12/h1-5,10H,6-9H2. The number of hydrogen-bond donors (Lipinski definition) is 0. The van der Waals surface area contributed by atoms with E-state index in [1.54, 1.807) is 11.0 Å². The van der Waals surface area contributed by atoms with E-state index in [-0.39, 0.29) is 23.9 Å². The Morgan fingerprint density at radius 2 is 1.83 bits per heavy atom. The molecule has 0 saturated carbocycles. The summed E-state index contributed by atoms with van der Waals surface area (Å²) in [6.07, 6.45) is 0. The molecule has 1 fully saturated rings. The lowest BCUT2D eigenvalue weighted by Gasteiger charge is -2.33. The first-order valence-corrected chi connectivity index (χ1v) is 10.2. The minimum absolute atomic E-state index is 0.0653. The minimum atomic E-state index is -3.74. The van der Waals surface area contributed by atoms with Crippen LogP contribution < -0.4 is 0 Å². The molecule has 0 spiro atoms. The zero-order valence-electron chi connectivity index (χ0n) is 12.5. The minimum Gasteiger partial charge on any atom is -0.335 e. The zero-order valence-corrected chi connectivity index (χ0v) is 15.7. The van der Waals surface area contributed by atoms with Gasteiger partial charge >= 0.3 is 0 Å². The maximum atomic E-state index is 13.3. The largest absolute Gasteiger partial charge is 0.335 e. The second-order valence-electron chi connectivity index (χ2n) is 5.26. The van der Waals surface area contributed by atoms with Gasteiger partial charge in [-0.1, -0.05) is 6.07 Å². The fraction of sp³-hybridized carbons (Fsp3) is 0.267. The third-order valence-electron chi connectivity index (χ3n) is 3.74. The van der Waals surface area contributed by atoms with Gasteiger partial charge in [-0.15, -0.1) is 11.3 Å². The van der Waals surface area contributed by atoms with Gasteiger partial charge in [-0.3, -0.25) is 4.79 Å². The van der Waals surface area contributed by atoms with Crippen LogP contribution in [0.2, 0.25) is 0 Å². The summed E-state index contributed by atoms with van der Waals surface area (Å²) in [5, 5.41) is 0. The molecular weight excluding hydrogens is 419 g/mol. The van der Waals surface area contributed by atoms with Gasteiger partial charge in [0.2, 0.25) is 10.0 Å². The molecule has 3 rings (SSSR count). The second-order valence-corrected chi connectivity index (χ2v) is 9.66. The summed E-state index contributed by atoms with van der Waals surface area (Å²) in [6.45, 7) is 1.00. The maximum absolute atomic E-state index is 13.3. The van der Waals surface area contributed by atoms with E-state index in [0.29, 0.717) is 18.0 Å². The molecule has 2 heterocycles. The van der Waals surface area contributed by atoms with Crippen LogP contribution in [0.5, 0.6) is 0 Å². The highest BCUT2D eigenvalue weighted by molar-refractivity contribution is 9.11. The number of nitrogens with zero attached hydrogens (tertiary/aromatic N) is 2. The first kappa shape index (κ1) is 17.5.